The third-order valence-corrected chi connectivity index (χ3v) is 18.2. The number of hydrogen-bond donors (Lipinski definition) is 1. The van der Waals surface area contributed by atoms with Crippen LogP contribution in [-0.2, 0) is 31.6 Å². The molecule has 1 aliphatic rings. The Hall–Kier alpha value is -5.12. The quantitative estimate of drug-likeness (QED) is 0.104. The summed E-state index contributed by atoms with van der Waals surface area (Å²) in [6.45, 7) is 0.301. The summed E-state index contributed by atoms with van der Waals surface area (Å²) in [5, 5.41) is 18.8. The van der Waals surface area contributed by atoms with Gasteiger partial charge in [0.15, 0.2) is 0 Å². The summed E-state index contributed by atoms with van der Waals surface area (Å²) in [6.07, 6.45) is 3.73. The van der Waals surface area contributed by atoms with Crippen molar-refractivity contribution in [1.29, 1.82) is 0 Å². The molecule has 0 bridgehead atoms. The van der Waals surface area contributed by atoms with E-state index in [1.807, 2.05) is 146 Å². The summed E-state index contributed by atoms with van der Waals surface area (Å²) >= 11 is 0. The molecule has 0 amide bonds. The van der Waals surface area contributed by atoms with Crippen LogP contribution in [0.4, 0.5) is 0 Å². The van der Waals surface area contributed by atoms with Gasteiger partial charge >= 0.3 is 0 Å². The highest BCUT2D eigenvalue weighted by molar-refractivity contribution is 7.79. The van der Waals surface area contributed by atoms with Gasteiger partial charge in [-0.3, -0.25) is 0 Å². The van der Waals surface area contributed by atoms with Crippen LogP contribution < -0.4 is 21.2 Å². The molecule has 7 aromatic carbocycles. The number of fused-ring (bicyclic) bond motifs is 2. The van der Waals surface area contributed by atoms with Gasteiger partial charge in [-0.1, -0.05) is 182 Å². The van der Waals surface area contributed by atoms with Crippen LogP contribution in [0.5, 0.6) is 0 Å². The van der Waals surface area contributed by atoms with Crippen molar-refractivity contribution < 1.29 is 23.7 Å². The van der Waals surface area contributed by atoms with Crippen molar-refractivity contribution in [2.75, 3.05) is 33.2 Å². The third kappa shape index (κ3) is 7.87. The van der Waals surface area contributed by atoms with Gasteiger partial charge < -0.3 is 23.7 Å². The minimum Gasteiger partial charge on any atom is -0.382 e. The minimum absolute atomic E-state index is 0.0149. The van der Waals surface area contributed by atoms with Gasteiger partial charge in [0, 0.05) is 53.7 Å². The van der Waals surface area contributed by atoms with Crippen molar-refractivity contribution in [1.82, 2.24) is 0 Å². The molecule has 298 valence electrons. The van der Waals surface area contributed by atoms with Gasteiger partial charge in [-0.05, 0) is 57.0 Å². The van der Waals surface area contributed by atoms with Crippen LogP contribution in [0.25, 0.3) is 16.8 Å². The van der Waals surface area contributed by atoms with Crippen LogP contribution in [0, 0.1) is 0 Å². The molecule has 0 saturated carbocycles. The Bertz CT molecular complexity index is 2580. The molecule has 0 radical (unpaired) electrons. The molecule has 0 saturated heterocycles. The summed E-state index contributed by atoms with van der Waals surface area (Å²) in [5.74, 6) is -0.573. The first-order chi connectivity index (χ1) is 28.8. The van der Waals surface area contributed by atoms with E-state index in [-0.39, 0.29) is 13.2 Å². The Morgan fingerprint density at radius 2 is 1.05 bits per heavy atom. The average molecular weight is 817 g/mol. The second-order valence-electron chi connectivity index (χ2n) is 15.4. The van der Waals surface area contributed by atoms with Crippen LogP contribution in [0.3, 0.4) is 0 Å². The number of methoxy groups -OCH3 is 2. The minimum atomic E-state index is -3.12. The Kier molecular flexibility index (Phi) is 12.1. The smallest absolute Gasteiger partial charge is 0.143 e. The molecule has 0 spiro atoms. The molecule has 8 rings (SSSR count). The maximum absolute atomic E-state index is 15.4. The zero-order valence-electron chi connectivity index (χ0n) is 33.6. The van der Waals surface area contributed by atoms with E-state index >= 15 is 9.13 Å². The number of aliphatic hydroxyl groups is 1. The summed E-state index contributed by atoms with van der Waals surface area (Å²) in [7, 11) is -2.85. The monoisotopic (exact) mass is 816 g/mol. The molecule has 59 heavy (non-hydrogen) atoms. The summed E-state index contributed by atoms with van der Waals surface area (Å²) in [6, 6.07) is 57.8. The molecular formula is C52H50O5P2. The van der Waals surface area contributed by atoms with Gasteiger partial charge in [0.25, 0.3) is 0 Å². The lowest BCUT2D eigenvalue weighted by Crippen LogP contribution is -2.46. The van der Waals surface area contributed by atoms with E-state index < -0.39 is 25.8 Å². The van der Waals surface area contributed by atoms with Crippen LogP contribution in [0.15, 0.2) is 181 Å². The maximum Gasteiger partial charge on any atom is 0.143 e. The first-order valence-corrected chi connectivity index (χ1v) is 24.0. The molecule has 0 heterocycles. The predicted molar refractivity (Wildman–Crippen MR) is 245 cm³/mol. The number of aryl methyl sites for hydroxylation is 1. The lowest BCUT2D eigenvalue weighted by atomic mass is 9.66. The number of benzene rings is 7. The van der Waals surface area contributed by atoms with Crippen LogP contribution in [0.2, 0.25) is 0 Å². The summed E-state index contributed by atoms with van der Waals surface area (Å²) in [4.78, 5) is 0. The first-order valence-electron chi connectivity index (χ1n) is 20.2. The molecule has 5 nitrogen and oxygen atoms in total. The predicted octanol–water partition coefficient (Wildman–Crippen LogP) is 9.85. The normalized spacial score (nSPS) is 16.7. The van der Waals surface area contributed by atoms with Crippen LogP contribution >= 0.6 is 14.3 Å². The summed E-state index contributed by atoms with van der Waals surface area (Å²) < 4.78 is 42.7. The van der Waals surface area contributed by atoms with Crippen LogP contribution in [-0.4, -0.2) is 43.9 Å². The standard InChI is InChI=1S/C52H50O5P2/c1-56-37-49-41(31-33-58(54,43-21-7-3-8-22-43)44-23-9-4-10-24-44)35-39-19-15-17-29-47(39)50(49)51-48-30-18-16-20-40(48)36-42(52(51,53)38-57-2)32-34-59(55,45-25-11-5-12-26-45)46-27-13-6-14-28-46/h3-30,35-36,51,53H,31-34,37-38H2,1-2H3. The molecule has 2 atom stereocenters. The van der Waals surface area contributed by atoms with E-state index in [0.29, 0.717) is 25.2 Å². The zero-order chi connectivity index (χ0) is 40.9. The Labute approximate surface area is 348 Å². The number of rotatable bonds is 15. The largest absolute Gasteiger partial charge is 0.382 e. The molecule has 1 N–H and O–H groups in total. The first kappa shape index (κ1) is 40.7. The van der Waals surface area contributed by atoms with E-state index in [4.69, 9.17) is 9.47 Å². The molecule has 0 aliphatic heterocycles. The molecule has 0 aromatic heterocycles. The lowest BCUT2D eigenvalue weighted by molar-refractivity contribution is -0.0168. The third-order valence-electron chi connectivity index (χ3n) is 12.0. The fourth-order valence-electron chi connectivity index (χ4n) is 9.13. The van der Waals surface area contributed by atoms with Gasteiger partial charge in [0.05, 0.1) is 13.2 Å². The van der Waals surface area contributed by atoms with E-state index in [1.165, 1.54) is 0 Å². The molecule has 7 aromatic rings. The summed E-state index contributed by atoms with van der Waals surface area (Å²) in [5.41, 5.74) is 4.18. The van der Waals surface area contributed by atoms with Gasteiger partial charge in [-0.25, -0.2) is 0 Å². The molecule has 1 aliphatic carbocycles. The van der Waals surface area contributed by atoms with Crippen molar-refractivity contribution in [2.45, 2.75) is 31.0 Å². The lowest BCUT2D eigenvalue weighted by Gasteiger charge is -2.44. The highest BCUT2D eigenvalue weighted by Gasteiger charge is 2.47. The maximum atomic E-state index is 15.4. The highest BCUT2D eigenvalue weighted by atomic mass is 31.2. The van der Waals surface area contributed by atoms with E-state index in [0.717, 1.165) is 65.4 Å². The molecule has 7 heteroatoms. The Morgan fingerprint density at radius 3 is 1.58 bits per heavy atom. The highest BCUT2D eigenvalue weighted by Crippen LogP contribution is 2.53. The second kappa shape index (κ2) is 17.6. The Morgan fingerprint density at radius 1 is 0.576 bits per heavy atom. The van der Waals surface area contributed by atoms with Gasteiger partial charge in [-0.15, -0.1) is 0 Å². The fraction of sp³-hybridized carbons (Fsp3) is 0.192. The number of hydrogen-bond acceptors (Lipinski definition) is 5. The van der Waals surface area contributed by atoms with Crippen molar-refractivity contribution in [3.8, 4) is 0 Å². The second-order valence-corrected chi connectivity index (χ2v) is 21.4. The van der Waals surface area contributed by atoms with Crippen LogP contribution in [0.1, 0.15) is 40.2 Å². The topological polar surface area (TPSA) is 72.8 Å². The molecule has 2 unspecified atom stereocenters. The van der Waals surface area contributed by atoms with Crippen molar-refractivity contribution in [2.24, 2.45) is 0 Å². The number of ether oxygens (including phenoxy) is 2. The van der Waals surface area contributed by atoms with Crippen molar-refractivity contribution in [3.63, 3.8) is 0 Å². The molecule has 0 fully saturated rings. The van der Waals surface area contributed by atoms with Crippen molar-refractivity contribution >= 4 is 52.4 Å². The van der Waals surface area contributed by atoms with Gasteiger partial charge in [-0.2, -0.15) is 0 Å². The zero-order valence-corrected chi connectivity index (χ0v) is 35.4. The fourth-order valence-corrected chi connectivity index (χ4v) is 14.5. The van der Waals surface area contributed by atoms with Crippen molar-refractivity contribution in [3.05, 3.63) is 209 Å². The Balaban J connectivity index is 1.28. The van der Waals surface area contributed by atoms with E-state index in [2.05, 4.69) is 36.4 Å². The van der Waals surface area contributed by atoms with Gasteiger partial charge in [0.2, 0.25) is 0 Å². The van der Waals surface area contributed by atoms with E-state index in [1.54, 1.807) is 14.2 Å². The average Bonchev–Trinajstić information content (AvgIpc) is 3.29. The molecular weight excluding hydrogens is 767 g/mol. The SMILES string of the molecule is COCc1c(CCP(=O)(c2ccccc2)c2ccccc2)cc2ccccc2c1C1c2ccccc2C=C(CCP(=O)(c2ccccc2)c2ccccc2)C1(O)COC. The van der Waals surface area contributed by atoms with E-state index in [9.17, 15) is 5.11 Å². The van der Waals surface area contributed by atoms with Gasteiger partial charge in [0.1, 0.15) is 19.9 Å².